The van der Waals surface area contributed by atoms with Gasteiger partial charge in [-0.25, -0.2) is 9.59 Å². The fourth-order valence-electron chi connectivity index (χ4n) is 2.43. The number of hydrogen-bond donors (Lipinski definition) is 4. The van der Waals surface area contributed by atoms with E-state index in [0.29, 0.717) is 23.4 Å². The minimum atomic E-state index is -1.06. The van der Waals surface area contributed by atoms with Crippen molar-refractivity contribution in [2.24, 2.45) is 5.92 Å². The summed E-state index contributed by atoms with van der Waals surface area (Å²) in [7, 11) is 0. The molecular formula is C20H23N3O4. The summed E-state index contributed by atoms with van der Waals surface area (Å²) >= 11 is 0. The predicted molar refractivity (Wildman–Crippen MR) is 104 cm³/mol. The Morgan fingerprint density at radius 3 is 2.00 bits per heavy atom. The number of carbonyl (C=O) groups is 3. The van der Waals surface area contributed by atoms with Crippen LogP contribution in [0.5, 0.6) is 0 Å². The summed E-state index contributed by atoms with van der Waals surface area (Å²) in [6.07, 6.45) is 0.636. The van der Waals surface area contributed by atoms with Crippen LogP contribution in [0.4, 0.5) is 16.2 Å². The highest BCUT2D eigenvalue weighted by atomic mass is 16.4. The van der Waals surface area contributed by atoms with Gasteiger partial charge in [0.25, 0.3) is 5.91 Å². The number of carboxylic acids is 1. The first kappa shape index (κ1) is 20.0. The van der Waals surface area contributed by atoms with E-state index < -0.39 is 23.9 Å². The quantitative estimate of drug-likeness (QED) is 0.598. The number of hydrogen-bond acceptors (Lipinski definition) is 3. The molecule has 27 heavy (non-hydrogen) atoms. The van der Waals surface area contributed by atoms with E-state index in [1.165, 1.54) is 12.1 Å². The molecule has 7 heteroatoms. The van der Waals surface area contributed by atoms with Crippen LogP contribution in [0.15, 0.2) is 54.6 Å². The molecule has 2 rings (SSSR count). The Kier molecular flexibility index (Phi) is 6.93. The zero-order valence-corrected chi connectivity index (χ0v) is 15.2. The van der Waals surface area contributed by atoms with E-state index in [0.717, 1.165) is 0 Å². The molecule has 2 atom stereocenters. The molecule has 0 saturated carbocycles. The minimum Gasteiger partial charge on any atom is -0.480 e. The molecule has 0 bridgehead atoms. The number of rotatable bonds is 7. The molecule has 2 unspecified atom stereocenters. The highest BCUT2D eigenvalue weighted by Gasteiger charge is 2.25. The zero-order valence-electron chi connectivity index (χ0n) is 15.2. The van der Waals surface area contributed by atoms with Crippen molar-refractivity contribution in [2.75, 3.05) is 10.6 Å². The molecule has 0 spiro atoms. The van der Waals surface area contributed by atoms with Gasteiger partial charge in [0.05, 0.1) is 0 Å². The van der Waals surface area contributed by atoms with Crippen molar-refractivity contribution in [3.63, 3.8) is 0 Å². The first-order chi connectivity index (χ1) is 12.9. The van der Waals surface area contributed by atoms with Gasteiger partial charge in [-0.05, 0) is 42.3 Å². The minimum absolute atomic E-state index is 0.186. The molecule has 7 nitrogen and oxygen atoms in total. The number of aliphatic carboxylic acids is 1. The van der Waals surface area contributed by atoms with Gasteiger partial charge in [-0.15, -0.1) is 0 Å². The topological polar surface area (TPSA) is 108 Å². The van der Waals surface area contributed by atoms with Gasteiger partial charge in [-0.3, -0.25) is 4.79 Å². The lowest BCUT2D eigenvalue weighted by atomic mass is 9.99. The van der Waals surface area contributed by atoms with Crippen LogP contribution >= 0.6 is 0 Å². The average Bonchev–Trinajstić information content (AvgIpc) is 2.66. The zero-order chi connectivity index (χ0) is 19.8. The fraction of sp³-hybridized carbons (Fsp3) is 0.250. The number of anilines is 2. The van der Waals surface area contributed by atoms with Gasteiger partial charge in [0.15, 0.2) is 0 Å². The van der Waals surface area contributed by atoms with Crippen LogP contribution in [0, 0.1) is 5.92 Å². The van der Waals surface area contributed by atoms with E-state index in [1.54, 1.807) is 31.2 Å². The summed E-state index contributed by atoms with van der Waals surface area (Å²) in [6, 6.07) is 13.9. The lowest BCUT2D eigenvalue weighted by molar-refractivity contribution is -0.140. The van der Waals surface area contributed by atoms with Crippen molar-refractivity contribution in [3.05, 3.63) is 60.2 Å². The lowest BCUT2D eigenvalue weighted by Crippen LogP contribution is -2.45. The summed E-state index contributed by atoms with van der Waals surface area (Å²) in [5.74, 6) is -1.72. The van der Waals surface area contributed by atoms with E-state index in [9.17, 15) is 19.5 Å². The van der Waals surface area contributed by atoms with Gasteiger partial charge in [0, 0.05) is 16.9 Å². The molecule has 2 aromatic rings. The van der Waals surface area contributed by atoms with Gasteiger partial charge in [0.1, 0.15) is 6.04 Å². The van der Waals surface area contributed by atoms with Gasteiger partial charge in [-0.2, -0.15) is 0 Å². The van der Waals surface area contributed by atoms with Crippen LogP contribution in [0.2, 0.25) is 0 Å². The molecule has 3 amide bonds. The molecule has 0 heterocycles. The van der Waals surface area contributed by atoms with Gasteiger partial charge in [-0.1, -0.05) is 38.5 Å². The van der Waals surface area contributed by atoms with Crippen LogP contribution < -0.4 is 16.0 Å². The summed E-state index contributed by atoms with van der Waals surface area (Å²) < 4.78 is 0. The summed E-state index contributed by atoms with van der Waals surface area (Å²) in [5.41, 5.74) is 1.49. The second-order valence-corrected chi connectivity index (χ2v) is 6.20. The van der Waals surface area contributed by atoms with E-state index in [4.69, 9.17) is 0 Å². The third kappa shape index (κ3) is 5.85. The molecule has 0 saturated heterocycles. The standard InChI is InChI=1S/C20H23N3O4/c1-3-13(2)17(19(25)26)23-18(24)14-9-11-16(12-10-14)22-20(27)21-15-7-5-4-6-8-15/h4-13,17H,3H2,1-2H3,(H,23,24)(H,25,26)(H2,21,22,27). The molecule has 4 N–H and O–H groups in total. The molecule has 0 fully saturated rings. The summed E-state index contributed by atoms with van der Waals surface area (Å²) in [5, 5.41) is 17.2. The molecule has 0 radical (unpaired) electrons. The fourth-order valence-corrected chi connectivity index (χ4v) is 2.43. The van der Waals surface area contributed by atoms with E-state index in [2.05, 4.69) is 16.0 Å². The second-order valence-electron chi connectivity index (χ2n) is 6.20. The monoisotopic (exact) mass is 369 g/mol. The Labute approximate surface area is 157 Å². The van der Waals surface area contributed by atoms with E-state index in [-0.39, 0.29) is 5.92 Å². The maximum absolute atomic E-state index is 12.3. The Bertz CT molecular complexity index is 791. The summed E-state index contributed by atoms with van der Waals surface area (Å²) in [6.45, 7) is 3.64. The highest BCUT2D eigenvalue weighted by Crippen LogP contribution is 2.13. The van der Waals surface area contributed by atoms with Crippen LogP contribution in [0.1, 0.15) is 30.6 Å². The van der Waals surface area contributed by atoms with Crippen LogP contribution in [-0.4, -0.2) is 29.1 Å². The molecule has 2 aromatic carbocycles. The average molecular weight is 369 g/mol. The molecular weight excluding hydrogens is 346 g/mol. The normalized spacial score (nSPS) is 12.5. The molecule has 0 aliphatic rings. The van der Waals surface area contributed by atoms with Crippen molar-refractivity contribution in [3.8, 4) is 0 Å². The molecule has 0 aromatic heterocycles. The van der Waals surface area contributed by atoms with Gasteiger partial charge < -0.3 is 21.1 Å². The van der Waals surface area contributed by atoms with Crippen LogP contribution in [0.25, 0.3) is 0 Å². The predicted octanol–water partition coefficient (Wildman–Crippen LogP) is 3.56. The number of nitrogens with one attached hydrogen (secondary N) is 3. The Morgan fingerprint density at radius 1 is 0.926 bits per heavy atom. The van der Waals surface area contributed by atoms with E-state index in [1.807, 2.05) is 25.1 Å². The third-order valence-corrected chi connectivity index (χ3v) is 4.20. The number of carbonyl (C=O) groups excluding carboxylic acids is 2. The Balaban J connectivity index is 1.96. The lowest BCUT2D eigenvalue weighted by Gasteiger charge is -2.20. The van der Waals surface area contributed by atoms with Crippen molar-refractivity contribution in [2.45, 2.75) is 26.3 Å². The third-order valence-electron chi connectivity index (χ3n) is 4.20. The number of para-hydroxylation sites is 1. The number of urea groups is 1. The Morgan fingerprint density at radius 2 is 1.48 bits per heavy atom. The van der Waals surface area contributed by atoms with Crippen molar-refractivity contribution in [1.82, 2.24) is 5.32 Å². The maximum Gasteiger partial charge on any atom is 0.326 e. The molecule has 0 aliphatic carbocycles. The van der Waals surface area contributed by atoms with Crippen LogP contribution in [0.3, 0.4) is 0 Å². The van der Waals surface area contributed by atoms with Gasteiger partial charge >= 0.3 is 12.0 Å². The van der Waals surface area contributed by atoms with Crippen molar-refractivity contribution >= 4 is 29.3 Å². The molecule has 0 aliphatic heterocycles. The number of benzene rings is 2. The van der Waals surface area contributed by atoms with Crippen molar-refractivity contribution < 1.29 is 19.5 Å². The Hall–Kier alpha value is -3.35. The SMILES string of the molecule is CCC(C)C(NC(=O)c1ccc(NC(=O)Nc2ccccc2)cc1)C(=O)O. The number of carboxylic acid groups (broad SMARTS) is 1. The second kappa shape index (κ2) is 9.38. The first-order valence-corrected chi connectivity index (χ1v) is 8.67. The van der Waals surface area contributed by atoms with Crippen LogP contribution in [-0.2, 0) is 4.79 Å². The smallest absolute Gasteiger partial charge is 0.326 e. The maximum atomic E-state index is 12.3. The van der Waals surface area contributed by atoms with Crippen molar-refractivity contribution in [1.29, 1.82) is 0 Å². The largest absolute Gasteiger partial charge is 0.480 e. The highest BCUT2D eigenvalue weighted by molar-refractivity contribution is 6.00. The molecule has 142 valence electrons. The van der Waals surface area contributed by atoms with Gasteiger partial charge in [0.2, 0.25) is 0 Å². The summed E-state index contributed by atoms with van der Waals surface area (Å²) in [4.78, 5) is 35.6. The number of amides is 3. The van der Waals surface area contributed by atoms with E-state index >= 15 is 0 Å². The first-order valence-electron chi connectivity index (χ1n) is 8.67.